The summed E-state index contributed by atoms with van der Waals surface area (Å²) < 4.78 is 45.2. The Hall–Kier alpha value is -2.50. The monoisotopic (exact) mass is 306 g/mol. The molecule has 0 atom stereocenters. The van der Waals surface area contributed by atoms with Gasteiger partial charge in [0.1, 0.15) is 0 Å². The van der Waals surface area contributed by atoms with E-state index < -0.39 is 11.7 Å². The highest BCUT2D eigenvalue weighted by Gasteiger charge is 2.30. The fourth-order valence-corrected chi connectivity index (χ4v) is 2.35. The molecule has 6 heteroatoms. The first-order valence-corrected chi connectivity index (χ1v) is 6.64. The van der Waals surface area contributed by atoms with Crippen LogP contribution in [-0.4, -0.2) is 16.5 Å². The van der Waals surface area contributed by atoms with E-state index in [1.807, 2.05) is 12.3 Å². The number of fused-ring (bicyclic) bond motifs is 1. The molecule has 0 aliphatic rings. The van der Waals surface area contributed by atoms with E-state index >= 15 is 0 Å². The summed E-state index contributed by atoms with van der Waals surface area (Å²) in [6, 6.07) is 8.90. The molecule has 0 saturated heterocycles. The first kappa shape index (κ1) is 14.4. The number of hydrogen-bond donors (Lipinski definition) is 0. The second kappa shape index (κ2) is 5.36. The molecule has 3 aromatic rings. The van der Waals surface area contributed by atoms with Crippen molar-refractivity contribution in [1.29, 1.82) is 0 Å². The maximum Gasteiger partial charge on any atom is 0.416 e. The highest BCUT2D eigenvalue weighted by atomic mass is 19.4. The van der Waals surface area contributed by atoms with Gasteiger partial charge in [0, 0.05) is 18.8 Å². The molecule has 3 rings (SSSR count). The summed E-state index contributed by atoms with van der Waals surface area (Å²) >= 11 is 0. The number of benzene rings is 1. The van der Waals surface area contributed by atoms with Crippen molar-refractivity contribution in [3.63, 3.8) is 0 Å². The zero-order chi connectivity index (χ0) is 15.7. The molecule has 0 spiro atoms. The summed E-state index contributed by atoms with van der Waals surface area (Å²) in [5.74, 6) is 0.623. The van der Waals surface area contributed by atoms with Crippen LogP contribution in [-0.2, 0) is 12.6 Å². The van der Waals surface area contributed by atoms with Gasteiger partial charge in [-0.2, -0.15) is 13.2 Å². The number of pyridine rings is 1. The van der Waals surface area contributed by atoms with Gasteiger partial charge in [0.25, 0.3) is 0 Å². The van der Waals surface area contributed by atoms with Gasteiger partial charge in [-0.1, -0.05) is 18.2 Å². The van der Waals surface area contributed by atoms with E-state index in [1.54, 1.807) is 29.8 Å². The third-order valence-electron chi connectivity index (χ3n) is 3.36. The van der Waals surface area contributed by atoms with E-state index in [1.165, 1.54) is 6.07 Å². The molecular formula is C16H13F3N2O. The lowest BCUT2D eigenvalue weighted by atomic mass is 10.1. The molecule has 0 N–H and O–H groups in total. The quantitative estimate of drug-likeness (QED) is 0.732. The number of hydrogen-bond acceptors (Lipinski definition) is 2. The highest BCUT2D eigenvalue weighted by Crippen LogP contribution is 2.30. The lowest BCUT2D eigenvalue weighted by Crippen LogP contribution is -2.05. The Kier molecular flexibility index (Phi) is 3.52. The van der Waals surface area contributed by atoms with Crippen LogP contribution in [0.1, 0.15) is 16.8 Å². The number of methoxy groups -OCH3 is 1. The van der Waals surface area contributed by atoms with Gasteiger partial charge in [-0.15, -0.1) is 0 Å². The van der Waals surface area contributed by atoms with Crippen LogP contribution in [0.15, 0.2) is 48.8 Å². The fourth-order valence-electron chi connectivity index (χ4n) is 2.35. The average molecular weight is 306 g/mol. The Balaban J connectivity index is 1.93. The third kappa shape index (κ3) is 2.77. The smallest absolute Gasteiger partial charge is 0.416 e. The molecule has 22 heavy (non-hydrogen) atoms. The highest BCUT2D eigenvalue weighted by molar-refractivity contribution is 5.54. The Morgan fingerprint density at radius 1 is 1.18 bits per heavy atom. The number of alkyl halides is 3. The maximum atomic E-state index is 12.7. The van der Waals surface area contributed by atoms with Gasteiger partial charge in [0.15, 0.2) is 11.4 Å². The van der Waals surface area contributed by atoms with E-state index in [4.69, 9.17) is 4.74 Å². The number of ether oxygens (including phenoxy) is 1. The van der Waals surface area contributed by atoms with E-state index in [-0.39, 0.29) is 0 Å². The van der Waals surface area contributed by atoms with Gasteiger partial charge in [0.05, 0.1) is 18.4 Å². The van der Waals surface area contributed by atoms with Crippen molar-refractivity contribution in [2.45, 2.75) is 12.6 Å². The van der Waals surface area contributed by atoms with Crippen LogP contribution in [0.3, 0.4) is 0 Å². The Bertz CT molecular complexity index is 809. The summed E-state index contributed by atoms with van der Waals surface area (Å²) in [4.78, 5) is 4.43. The minimum Gasteiger partial charge on any atom is -0.493 e. The Labute approximate surface area is 125 Å². The predicted molar refractivity (Wildman–Crippen MR) is 76.0 cm³/mol. The maximum absolute atomic E-state index is 12.7. The second-order valence-electron chi connectivity index (χ2n) is 4.91. The topological polar surface area (TPSA) is 26.5 Å². The van der Waals surface area contributed by atoms with Crippen molar-refractivity contribution in [1.82, 2.24) is 9.38 Å². The Morgan fingerprint density at radius 3 is 2.73 bits per heavy atom. The second-order valence-corrected chi connectivity index (χ2v) is 4.91. The van der Waals surface area contributed by atoms with Crippen molar-refractivity contribution in [2.24, 2.45) is 0 Å². The number of nitrogens with zero attached hydrogens (tertiary/aromatic N) is 2. The first-order valence-electron chi connectivity index (χ1n) is 6.64. The zero-order valence-electron chi connectivity index (χ0n) is 11.8. The molecular weight excluding hydrogens is 293 g/mol. The number of imidazole rings is 1. The summed E-state index contributed by atoms with van der Waals surface area (Å²) in [6.45, 7) is 0. The minimum atomic E-state index is -4.34. The molecule has 0 radical (unpaired) electrons. The van der Waals surface area contributed by atoms with Crippen molar-refractivity contribution < 1.29 is 17.9 Å². The number of halogens is 3. The van der Waals surface area contributed by atoms with Crippen LogP contribution in [0.4, 0.5) is 13.2 Å². The molecule has 0 bridgehead atoms. The molecule has 114 valence electrons. The van der Waals surface area contributed by atoms with Gasteiger partial charge >= 0.3 is 6.18 Å². The zero-order valence-corrected chi connectivity index (χ0v) is 11.8. The van der Waals surface area contributed by atoms with Gasteiger partial charge < -0.3 is 9.14 Å². The standard InChI is InChI=1S/C16H13F3N2O/c1-22-14-6-3-7-21-10-13(20-15(14)21)9-11-4-2-5-12(8-11)16(17,18)19/h2-8,10H,9H2,1H3. The number of aromatic nitrogens is 2. The van der Waals surface area contributed by atoms with Crippen LogP contribution >= 0.6 is 0 Å². The third-order valence-corrected chi connectivity index (χ3v) is 3.36. The van der Waals surface area contributed by atoms with Gasteiger partial charge in [0.2, 0.25) is 0 Å². The molecule has 2 aromatic heterocycles. The van der Waals surface area contributed by atoms with E-state index in [0.717, 1.165) is 12.1 Å². The van der Waals surface area contributed by atoms with Gasteiger partial charge in [-0.25, -0.2) is 4.98 Å². The molecule has 0 aliphatic carbocycles. The van der Waals surface area contributed by atoms with Crippen molar-refractivity contribution in [3.8, 4) is 5.75 Å². The molecule has 0 amide bonds. The predicted octanol–water partition coefficient (Wildman–Crippen LogP) is 3.95. The van der Waals surface area contributed by atoms with Crippen LogP contribution in [0.5, 0.6) is 5.75 Å². The van der Waals surface area contributed by atoms with Crippen LogP contribution in [0, 0.1) is 0 Å². The SMILES string of the molecule is COc1cccn2cc(Cc3cccc(C(F)(F)F)c3)nc12. The molecule has 2 heterocycles. The number of rotatable bonds is 3. The molecule has 0 unspecified atom stereocenters. The minimum absolute atomic E-state index is 0.328. The lowest BCUT2D eigenvalue weighted by molar-refractivity contribution is -0.137. The van der Waals surface area contributed by atoms with E-state index in [9.17, 15) is 13.2 Å². The van der Waals surface area contributed by atoms with Crippen LogP contribution in [0.25, 0.3) is 5.65 Å². The molecule has 3 nitrogen and oxygen atoms in total. The molecule has 1 aromatic carbocycles. The lowest BCUT2D eigenvalue weighted by Gasteiger charge is -2.07. The summed E-state index contributed by atoms with van der Waals surface area (Å²) in [5.41, 5.74) is 1.25. The molecule has 0 aliphatic heterocycles. The fraction of sp³-hybridized carbons (Fsp3) is 0.188. The van der Waals surface area contributed by atoms with Crippen LogP contribution in [0.2, 0.25) is 0 Å². The normalized spacial score (nSPS) is 11.8. The summed E-state index contributed by atoms with van der Waals surface area (Å²) in [5, 5.41) is 0. The van der Waals surface area contributed by atoms with Gasteiger partial charge in [-0.3, -0.25) is 0 Å². The Morgan fingerprint density at radius 2 is 2.00 bits per heavy atom. The van der Waals surface area contributed by atoms with Crippen molar-refractivity contribution in [2.75, 3.05) is 7.11 Å². The van der Waals surface area contributed by atoms with E-state index in [0.29, 0.717) is 29.1 Å². The largest absolute Gasteiger partial charge is 0.493 e. The van der Waals surface area contributed by atoms with Crippen LogP contribution < -0.4 is 4.74 Å². The first-order chi connectivity index (χ1) is 10.5. The summed E-state index contributed by atoms with van der Waals surface area (Å²) in [7, 11) is 1.55. The summed E-state index contributed by atoms with van der Waals surface area (Å²) in [6.07, 6.45) is -0.397. The molecule has 0 saturated carbocycles. The van der Waals surface area contributed by atoms with Gasteiger partial charge in [-0.05, 0) is 23.8 Å². The van der Waals surface area contributed by atoms with E-state index in [2.05, 4.69) is 4.98 Å². The van der Waals surface area contributed by atoms with Crippen molar-refractivity contribution >= 4 is 5.65 Å². The molecule has 0 fully saturated rings. The average Bonchev–Trinajstić information content (AvgIpc) is 2.88. The van der Waals surface area contributed by atoms with Crippen molar-refractivity contribution in [3.05, 3.63) is 65.6 Å².